The van der Waals surface area contributed by atoms with Gasteiger partial charge in [0.2, 0.25) is 5.91 Å². The maximum atomic E-state index is 13.5. The highest BCUT2D eigenvalue weighted by atomic mass is 35.5. The molecule has 2 aliphatic carbocycles. The maximum absolute atomic E-state index is 13.5. The number of nitrogens with zero attached hydrogens (tertiary/aromatic N) is 1. The molecule has 0 saturated heterocycles. The second-order valence-electron chi connectivity index (χ2n) is 8.56. The molecule has 160 valence electrons. The fourth-order valence-corrected chi connectivity index (χ4v) is 6.46. The van der Waals surface area contributed by atoms with E-state index in [-0.39, 0.29) is 23.4 Å². The second kappa shape index (κ2) is 8.23. The summed E-state index contributed by atoms with van der Waals surface area (Å²) in [5.41, 5.74) is 2.02. The molecule has 3 unspecified atom stereocenters. The summed E-state index contributed by atoms with van der Waals surface area (Å²) in [6.07, 6.45) is 4.56. The topological polar surface area (TPSA) is 66.5 Å². The molecule has 2 aliphatic rings. The molecule has 7 heteroatoms. The van der Waals surface area contributed by atoms with Crippen LogP contribution < -0.4 is 9.62 Å². The van der Waals surface area contributed by atoms with Gasteiger partial charge in [-0.25, -0.2) is 8.42 Å². The molecule has 5 nitrogen and oxygen atoms in total. The third-order valence-electron chi connectivity index (χ3n) is 6.49. The van der Waals surface area contributed by atoms with Crippen LogP contribution in [0.4, 0.5) is 5.69 Å². The molecule has 2 aromatic rings. The third kappa shape index (κ3) is 4.08. The highest BCUT2D eigenvalue weighted by Crippen LogP contribution is 2.44. The van der Waals surface area contributed by atoms with Gasteiger partial charge in [0, 0.05) is 11.1 Å². The molecule has 2 saturated carbocycles. The Morgan fingerprint density at radius 3 is 2.47 bits per heavy atom. The molecule has 2 bridgehead atoms. The number of nitrogens with one attached hydrogen (secondary N) is 1. The summed E-state index contributed by atoms with van der Waals surface area (Å²) in [6.45, 7) is 3.40. The van der Waals surface area contributed by atoms with Gasteiger partial charge in [0.05, 0.1) is 10.6 Å². The lowest BCUT2D eigenvalue weighted by Gasteiger charge is -2.28. The Morgan fingerprint density at radius 1 is 1.10 bits per heavy atom. The van der Waals surface area contributed by atoms with Crippen LogP contribution in [-0.4, -0.2) is 26.9 Å². The van der Waals surface area contributed by atoms with E-state index >= 15 is 0 Å². The predicted octanol–water partition coefficient (Wildman–Crippen LogP) is 4.46. The van der Waals surface area contributed by atoms with Crippen LogP contribution >= 0.6 is 11.6 Å². The Bertz CT molecular complexity index is 1050. The summed E-state index contributed by atoms with van der Waals surface area (Å²) in [4.78, 5) is 13.1. The van der Waals surface area contributed by atoms with Gasteiger partial charge in [0.25, 0.3) is 10.0 Å². The largest absolute Gasteiger partial charge is 0.352 e. The van der Waals surface area contributed by atoms with Crippen molar-refractivity contribution in [1.82, 2.24) is 5.32 Å². The first-order chi connectivity index (χ1) is 14.3. The number of carbonyl (C=O) groups excluding carboxylic acids is 1. The summed E-state index contributed by atoms with van der Waals surface area (Å²) < 4.78 is 28.2. The fraction of sp³-hybridized carbons (Fsp3) is 0.435. The number of sulfonamides is 1. The van der Waals surface area contributed by atoms with E-state index in [0.717, 1.165) is 18.4 Å². The van der Waals surface area contributed by atoms with Crippen LogP contribution in [0.3, 0.4) is 0 Å². The molecular formula is C23H27ClN2O3S. The number of halogens is 1. The van der Waals surface area contributed by atoms with Gasteiger partial charge in [-0.1, -0.05) is 41.8 Å². The summed E-state index contributed by atoms with van der Waals surface area (Å²) in [6, 6.07) is 11.9. The molecule has 0 radical (unpaired) electrons. The summed E-state index contributed by atoms with van der Waals surface area (Å²) in [7, 11) is -3.94. The molecule has 4 rings (SSSR count). The van der Waals surface area contributed by atoms with Crippen LogP contribution in [0.15, 0.2) is 47.4 Å². The minimum absolute atomic E-state index is 0.153. The number of hydrogen-bond donors (Lipinski definition) is 1. The van der Waals surface area contributed by atoms with Gasteiger partial charge in [-0.15, -0.1) is 0 Å². The van der Waals surface area contributed by atoms with E-state index in [0.29, 0.717) is 28.1 Å². The van der Waals surface area contributed by atoms with E-state index in [9.17, 15) is 13.2 Å². The SMILES string of the molecule is Cc1ccc(S(=O)(=O)N(CC(=O)NC2CC3CCC2C3)c2cccc(Cl)c2C)cc1. The summed E-state index contributed by atoms with van der Waals surface area (Å²) in [5.74, 6) is 0.944. The fourth-order valence-electron chi connectivity index (χ4n) is 4.81. The Kier molecular flexibility index (Phi) is 5.82. The van der Waals surface area contributed by atoms with E-state index in [4.69, 9.17) is 11.6 Å². The van der Waals surface area contributed by atoms with Gasteiger partial charge in [-0.05, 0) is 74.8 Å². The highest BCUT2D eigenvalue weighted by molar-refractivity contribution is 7.92. The van der Waals surface area contributed by atoms with E-state index in [1.54, 1.807) is 49.4 Å². The Labute approximate surface area is 183 Å². The number of amides is 1. The van der Waals surface area contributed by atoms with Crippen molar-refractivity contribution >= 4 is 33.2 Å². The average Bonchev–Trinajstić information content (AvgIpc) is 3.32. The molecule has 0 heterocycles. The first-order valence-electron chi connectivity index (χ1n) is 10.4. The number of aryl methyl sites for hydroxylation is 1. The molecule has 2 aromatic carbocycles. The number of benzene rings is 2. The van der Waals surface area contributed by atoms with Gasteiger partial charge in [-0.2, -0.15) is 0 Å². The van der Waals surface area contributed by atoms with Gasteiger partial charge < -0.3 is 5.32 Å². The number of rotatable bonds is 6. The van der Waals surface area contributed by atoms with Crippen LogP contribution in [0.1, 0.15) is 36.8 Å². The zero-order chi connectivity index (χ0) is 21.5. The van der Waals surface area contributed by atoms with Crippen molar-refractivity contribution in [2.45, 2.75) is 50.5 Å². The zero-order valence-corrected chi connectivity index (χ0v) is 18.8. The standard InChI is InChI=1S/C23H27ClN2O3S/c1-15-6-10-19(11-7-15)30(28,29)26(22-5-3-4-20(24)16(22)2)14-23(27)25-21-13-17-8-9-18(21)12-17/h3-7,10-11,17-18,21H,8-9,12-14H2,1-2H3,(H,25,27). The quantitative estimate of drug-likeness (QED) is 0.712. The lowest BCUT2D eigenvalue weighted by atomic mass is 9.95. The van der Waals surface area contributed by atoms with Crippen LogP contribution in [-0.2, 0) is 14.8 Å². The predicted molar refractivity (Wildman–Crippen MR) is 119 cm³/mol. The number of anilines is 1. The van der Waals surface area contributed by atoms with Crippen LogP contribution in [0, 0.1) is 25.7 Å². The number of hydrogen-bond acceptors (Lipinski definition) is 3. The smallest absolute Gasteiger partial charge is 0.264 e. The minimum atomic E-state index is -3.94. The van der Waals surface area contributed by atoms with Crippen molar-refractivity contribution in [3.63, 3.8) is 0 Å². The van der Waals surface area contributed by atoms with E-state index < -0.39 is 10.0 Å². The number of carbonyl (C=O) groups is 1. The third-order valence-corrected chi connectivity index (χ3v) is 8.67. The molecule has 1 amide bonds. The molecule has 3 atom stereocenters. The zero-order valence-electron chi connectivity index (χ0n) is 17.3. The van der Waals surface area contributed by atoms with Crippen molar-refractivity contribution in [2.24, 2.45) is 11.8 Å². The molecule has 30 heavy (non-hydrogen) atoms. The second-order valence-corrected chi connectivity index (χ2v) is 10.8. The average molecular weight is 447 g/mol. The monoisotopic (exact) mass is 446 g/mol. The molecule has 0 aromatic heterocycles. The highest BCUT2D eigenvalue weighted by Gasteiger charge is 2.40. The molecular weight excluding hydrogens is 420 g/mol. The van der Waals surface area contributed by atoms with Crippen LogP contribution in [0.25, 0.3) is 0 Å². The van der Waals surface area contributed by atoms with Crippen LogP contribution in [0.2, 0.25) is 5.02 Å². The van der Waals surface area contributed by atoms with Gasteiger partial charge in [-0.3, -0.25) is 9.10 Å². The molecule has 0 aliphatic heterocycles. The number of fused-ring (bicyclic) bond motifs is 2. The Hall–Kier alpha value is -2.05. The van der Waals surface area contributed by atoms with Crippen LogP contribution in [0.5, 0.6) is 0 Å². The van der Waals surface area contributed by atoms with E-state index in [2.05, 4.69) is 5.32 Å². The molecule has 2 fully saturated rings. The van der Waals surface area contributed by atoms with Crippen molar-refractivity contribution < 1.29 is 13.2 Å². The Balaban J connectivity index is 1.64. The summed E-state index contributed by atoms with van der Waals surface area (Å²) >= 11 is 6.27. The van der Waals surface area contributed by atoms with Crippen molar-refractivity contribution in [1.29, 1.82) is 0 Å². The van der Waals surface area contributed by atoms with Crippen molar-refractivity contribution in [2.75, 3.05) is 10.8 Å². The summed E-state index contributed by atoms with van der Waals surface area (Å²) in [5, 5.41) is 3.56. The lowest BCUT2D eigenvalue weighted by molar-refractivity contribution is -0.120. The first kappa shape index (κ1) is 21.2. The van der Waals surface area contributed by atoms with E-state index in [1.165, 1.54) is 17.1 Å². The van der Waals surface area contributed by atoms with Gasteiger partial charge in [0.15, 0.2) is 0 Å². The normalized spacial score (nSPS) is 22.8. The molecule has 0 spiro atoms. The maximum Gasteiger partial charge on any atom is 0.264 e. The van der Waals surface area contributed by atoms with Gasteiger partial charge >= 0.3 is 0 Å². The Morgan fingerprint density at radius 2 is 1.83 bits per heavy atom. The van der Waals surface area contributed by atoms with Crippen molar-refractivity contribution in [3.8, 4) is 0 Å². The lowest BCUT2D eigenvalue weighted by Crippen LogP contribution is -2.46. The molecule has 1 N–H and O–H groups in total. The van der Waals surface area contributed by atoms with E-state index in [1.807, 2.05) is 6.92 Å². The minimum Gasteiger partial charge on any atom is -0.352 e. The van der Waals surface area contributed by atoms with Crippen molar-refractivity contribution in [3.05, 3.63) is 58.6 Å². The first-order valence-corrected chi connectivity index (χ1v) is 12.2. The van der Waals surface area contributed by atoms with Gasteiger partial charge in [0.1, 0.15) is 6.54 Å².